The highest BCUT2D eigenvalue weighted by atomic mass is 16.5. The summed E-state index contributed by atoms with van der Waals surface area (Å²) in [5, 5.41) is 2.56. The molecule has 0 spiro atoms. The quantitative estimate of drug-likeness (QED) is 0.818. The maximum absolute atomic E-state index is 10.8. The predicted octanol–water partition coefficient (Wildman–Crippen LogP) is 2.35. The number of carbonyl (C=O) groups excluding carboxylic acids is 1. The lowest BCUT2D eigenvalue weighted by Gasteiger charge is -2.12. The van der Waals surface area contributed by atoms with Gasteiger partial charge in [0.2, 0.25) is 0 Å². The lowest BCUT2D eigenvalue weighted by atomic mass is 10.1. The molecular formula is C13H19NO3. The zero-order chi connectivity index (χ0) is 12.8. The SMILES string of the molecule is COC(=O)NCCOc1cc(C)c(C)cc1C. The van der Waals surface area contributed by atoms with Crippen molar-refractivity contribution < 1.29 is 14.3 Å². The van der Waals surface area contributed by atoms with E-state index in [4.69, 9.17) is 4.74 Å². The summed E-state index contributed by atoms with van der Waals surface area (Å²) >= 11 is 0. The Kier molecular flexibility index (Phi) is 4.82. The van der Waals surface area contributed by atoms with Gasteiger partial charge in [0.15, 0.2) is 0 Å². The van der Waals surface area contributed by atoms with Crippen molar-refractivity contribution in [2.24, 2.45) is 0 Å². The number of nitrogens with one attached hydrogen (secondary N) is 1. The van der Waals surface area contributed by atoms with Gasteiger partial charge in [-0.15, -0.1) is 0 Å². The van der Waals surface area contributed by atoms with Crippen LogP contribution in [0.1, 0.15) is 16.7 Å². The molecule has 0 aliphatic heterocycles. The van der Waals surface area contributed by atoms with Crippen molar-refractivity contribution >= 4 is 6.09 Å². The number of aryl methyl sites for hydroxylation is 3. The average Bonchev–Trinajstić information content (AvgIpc) is 2.30. The molecule has 1 aromatic carbocycles. The van der Waals surface area contributed by atoms with Crippen LogP contribution in [-0.2, 0) is 4.74 Å². The van der Waals surface area contributed by atoms with Crippen molar-refractivity contribution in [3.63, 3.8) is 0 Å². The van der Waals surface area contributed by atoms with Gasteiger partial charge >= 0.3 is 6.09 Å². The van der Waals surface area contributed by atoms with E-state index >= 15 is 0 Å². The van der Waals surface area contributed by atoms with Gasteiger partial charge in [0, 0.05) is 0 Å². The first kappa shape index (κ1) is 13.4. The predicted molar refractivity (Wildman–Crippen MR) is 66.6 cm³/mol. The van der Waals surface area contributed by atoms with Gasteiger partial charge in [-0.3, -0.25) is 0 Å². The molecule has 0 radical (unpaired) electrons. The monoisotopic (exact) mass is 237 g/mol. The number of amides is 1. The lowest BCUT2D eigenvalue weighted by molar-refractivity contribution is 0.168. The van der Waals surface area contributed by atoms with Crippen molar-refractivity contribution in [2.75, 3.05) is 20.3 Å². The van der Waals surface area contributed by atoms with Crippen molar-refractivity contribution in [1.29, 1.82) is 0 Å². The zero-order valence-electron chi connectivity index (χ0n) is 10.8. The minimum atomic E-state index is -0.439. The molecule has 0 atom stereocenters. The summed E-state index contributed by atoms with van der Waals surface area (Å²) in [4.78, 5) is 10.8. The van der Waals surface area contributed by atoms with Crippen LogP contribution in [-0.4, -0.2) is 26.4 Å². The van der Waals surface area contributed by atoms with Gasteiger partial charge in [-0.1, -0.05) is 6.07 Å². The molecule has 0 aliphatic carbocycles. The number of hydrogen-bond donors (Lipinski definition) is 1. The first-order valence-electron chi connectivity index (χ1n) is 5.57. The highest BCUT2D eigenvalue weighted by molar-refractivity contribution is 5.66. The molecule has 17 heavy (non-hydrogen) atoms. The molecule has 94 valence electrons. The standard InChI is InChI=1S/C13H19NO3/c1-9-7-11(3)12(8-10(9)2)17-6-5-14-13(15)16-4/h7-8H,5-6H2,1-4H3,(H,14,15). The van der Waals surface area contributed by atoms with E-state index in [0.29, 0.717) is 13.2 Å². The van der Waals surface area contributed by atoms with Crippen LogP contribution in [0.15, 0.2) is 12.1 Å². The summed E-state index contributed by atoms with van der Waals surface area (Å²) in [6.07, 6.45) is -0.439. The molecular weight excluding hydrogens is 218 g/mol. The fourth-order valence-corrected chi connectivity index (χ4v) is 1.48. The summed E-state index contributed by atoms with van der Waals surface area (Å²) in [5.41, 5.74) is 3.56. The van der Waals surface area contributed by atoms with Crippen LogP contribution in [0.25, 0.3) is 0 Å². The minimum absolute atomic E-state index is 0.429. The molecule has 4 heteroatoms. The molecule has 1 rings (SSSR count). The molecule has 1 aromatic rings. The van der Waals surface area contributed by atoms with E-state index in [9.17, 15) is 4.79 Å². The molecule has 0 heterocycles. The summed E-state index contributed by atoms with van der Waals surface area (Å²) in [7, 11) is 1.34. The third-order valence-electron chi connectivity index (χ3n) is 2.61. The van der Waals surface area contributed by atoms with Crippen LogP contribution in [0, 0.1) is 20.8 Å². The highest BCUT2D eigenvalue weighted by Gasteiger charge is 2.03. The zero-order valence-corrected chi connectivity index (χ0v) is 10.8. The highest BCUT2D eigenvalue weighted by Crippen LogP contribution is 2.22. The third kappa shape index (κ3) is 3.98. The Bertz CT molecular complexity index is 402. The number of alkyl carbamates (subject to hydrolysis) is 1. The number of methoxy groups -OCH3 is 1. The maximum atomic E-state index is 10.8. The Morgan fingerprint density at radius 1 is 1.18 bits per heavy atom. The molecule has 0 aliphatic rings. The van der Waals surface area contributed by atoms with E-state index in [1.54, 1.807) is 0 Å². The molecule has 0 aromatic heterocycles. The van der Waals surface area contributed by atoms with Crippen LogP contribution >= 0.6 is 0 Å². The van der Waals surface area contributed by atoms with Gasteiger partial charge in [0.1, 0.15) is 12.4 Å². The third-order valence-corrected chi connectivity index (χ3v) is 2.61. The van der Waals surface area contributed by atoms with Gasteiger partial charge in [0.05, 0.1) is 13.7 Å². The Balaban J connectivity index is 2.47. The summed E-state index contributed by atoms with van der Waals surface area (Å²) < 4.78 is 10.1. The Morgan fingerprint density at radius 3 is 2.47 bits per heavy atom. The average molecular weight is 237 g/mol. The number of hydrogen-bond acceptors (Lipinski definition) is 3. The molecule has 0 saturated carbocycles. The van der Waals surface area contributed by atoms with Crippen molar-refractivity contribution in [1.82, 2.24) is 5.32 Å². The second-order valence-corrected chi connectivity index (χ2v) is 3.97. The second-order valence-electron chi connectivity index (χ2n) is 3.97. The summed E-state index contributed by atoms with van der Waals surface area (Å²) in [5.74, 6) is 0.861. The summed E-state index contributed by atoms with van der Waals surface area (Å²) in [6.45, 7) is 6.99. The van der Waals surface area contributed by atoms with E-state index in [1.165, 1.54) is 18.2 Å². The van der Waals surface area contributed by atoms with E-state index < -0.39 is 6.09 Å². The second kappa shape index (κ2) is 6.13. The Hall–Kier alpha value is -1.71. The molecule has 0 saturated heterocycles. The van der Waals surface area contributed by atoms with E-state index in [2.05, 4.69) is 23.0 Å². The smallest absolute Gasteiger partial charge is 0.406 e. The van der Waals surface area contributed by atoms with E-state index in [1.807, 2.05) is 19.9 Å². The van der Waals surface area contributed by atoms with Gasteiger partial charge in [-0.05, 0) is 43.5 Å². The molecule has 0 fully saturated rings. The van der Waals surface area contributed by atoms with E-state index in [-0.39, 0.29) is 0 Å². The summed E-state index contributed by atoms with van der Waals surface area (Å²) in [6, 6.07) is 4.11. The molecule has 4 nitrogen and oxygen atoms in total. The van der Waals surface area contributed by atoms with Crippen molar-refractivity contribution in [3.8, 4) is 5.75 Å². The fraction of sp³-hybridized carbons (Fsp3) is 0.462. The van der Waals surface area contributed by atoms with Crippen LogP contribution in [0.2, 0.25) is 0 Å². The van der Waals surface area contributed by atoms with Crippen LogP contribution in [0.5, 0.6) is 5.75 Å². The van der Waals surface area contributed by atoms with Crippen LogP contribution < -0.4 is 10.1 Å². The lowest BCUT2D eigenvalue weighted by Crippen LogP contribution is -2.27. The topological polar surface area (TPSA) is 47.6 Å². The largest absolute Gasteiger partial charge is 0.491 e. The van der Waals surface area contributed by atoms with Gasteiger partial charge in [-0.2, -0.15) is 0 Å². The van der Waals surface area contributed by atoms with Gasteiger partial charge < -0.3 is 14.8 Å². The number of benzene rings is 1. The maximum Gasteiger partial charge on any atom is 0.406 e. The Labute approximate surface area is 102 Å². The molecule has 1 N–H and O–H groups in total. The normalized spacial score (nSPS) is 9.88. The molecule has 1 amide bonds. The van der Waals surface area contributed by atoms with Crippen molar-refractivity contribution in [2.45, 2.75) is 20.8 Å². The first-order chi connectivity index (χ1) is 8.04. The molecule has 0 unspecified atom stereocenters. The van der Waals surface area contributed by atoms with Crippen LogP contribution in [0.4, 0.5) is 4.79 Å². The van der Waals surface area contributed by atoms with E-state index in [0.717, 1.165) is 11.3 Å². The van der Waals surface area contributed by atoms with Gasteiger partial charge in [0.25, 0.3) is 0 Å². The minimum Gasteiger partial charge on any atom is -0.491 e. The van der Waals surface area contributed by atoms with Crippen LogP contribution in [0.3, 0.4) is 0 Å². The number of rotatable bonds is 4. The van der Waals surface area contributed by atoms with Crippen molar-refractivity contribution in [3.05, 3.63) is 28.8 Å². The fourth-order valence-electron chi connectivity index (χ4n) is 1.48. The van der Waals surface area contributed by atoms with Gasteiger partial charge in [-0.25, -0.2) is 4.79 Å². The molecule has 0 bridgehead atoms. The first-order valence-corrected chi connectivity index (χ1v) is 5.57. The Morgan fingerprint density at radius 2 is 1.82 bits per heavy atom. The number of ether oxygens (including phenoxy) is 2. The number of carbonyl (C=O) groups is 1.